The van der Waals surface area contributed by atoms with E-state index in [4.69, 9.17) is 4.89 Å². The largest absolute Gasteiger partial charge is 0.472 e. The standard InChI is InChI=1S/C8H17O5P/c1-3-4-5-6-8(9)7-13-14(10,11)12-2/h3-7H2,1-2H3,(H,10,11). The van der Waals surface area contributed by atoms with Gasteiger partial charge in [-0.2, -0.15) is 0 Å². The molecule has 0 aromatic carbocycles. The van der Waals surface area contributed by atoms with E-state index >= 15 is 0 Å². The molecular weight excluding hydrogens is 207 g/mol. The maximum absolute atomic E-state index is 11.1. The summed E-state index contributed by atoms with van der Waals surface area (Å²) in [7, 11) is -2.93. The second kappa shape index (κ2) is 7.12. The predicted molar refractivity (Wildman–Crippen MR) is 51.9 cm³/mol. The van der Waals surface area contributed by atoms with Gasteiger partial charge in [0.2, 0.25) is 0 Å². The highest BCUT2D eigenvalue weighted by atomic mass is 31.2. The van der Waals surface area contributed by atoms with E-state index in [-0.39, 0.29) is 12.4 Å². The molecular formula is C8H17O5P. The lowest BCUT2D eigenvalue weighted by molar-refractivity contribution is -0.121. The summed E-state index contributed by atoms with van der Waals surface area (Å²) in [6.45, 7) is 1.68. The maximum atomic E-state index is 11.1. The zero-order valence-electron chi connectivity index (χ0n) is 8.56. The van der Waals surface area contributed by atoms with E-state index in [1.54, 1.807) is 0 Å². The van der Waals surface area contributed by atoms with Crippen molar-refractivity contribution >= 4 is 13.6 Å². The molecule has 6 heteroatoms. The molecule has 0 saturated carbocycles. The topological polar surface area (TPSA) is 72.8 Å². The number of carbonyl (C=O) groups is 1. The molecule has 0 amide bonds. The Labute approximate surface area is 84.0 Å². The van der Waals surface area contributed by atoms with Crippen molar-refractivity contribution in [2.75, 3.05) is 13.7 Å². The van der Waals surface area contributed by atoms with Gasteiger partial charge in [-0.05, 0) is 6.42 Å². The molecule has 14 heavy (non-hydrogen) atoms. The number of phosphoric acid groups is 1. The molecule has 0 aromatic rings. The lowest BCUT2D eigenvalue weighted by atomic mass is 10.1. The van der Waals surface area contributed by atoms with Crippen molar-refractivity contribution in [2.45, 2.75) is 32.6 Å². The number of hydrogen-bond acceptors (Lipinski definition) is 4. The van der Waals surface area contributed by atoms with Crippen molar-refractivity contribution in [2.24, 2.45) is 0 Å². The van der Waals surface area contributed by atoms with Crippen molar-refractivity contribution in [3.05, 3.63) is 0 Å². The quantitative estimate of drug-likeness (QED) is 0.503. The third-order valence-corrected chi connectivity index (χ3v) is 2.60. The van der Waals surface area contributed by atoms with Gasteiger partial charge in [0.1, 0.15) is 6.61 Å². The first-order chi connectivity index (χ1) is 6.52. The number of unbranched alkanes of at least 4 members (excludes halogenated alkanes) is 2. The lowest BCUT2D eigenvalue weighted by Crippen LogP contribution is -2.07. The van der Waals surface area contributed by atoms with Crippen molar-refractivity contribution in [3.63, 3.8) is 0 Å². The van der Waals surface area contributed by atoms with Crippen LogP contribution in [0, 0.1) is 0 Å². The fourth-order valence-electron chi connectivity index (χ4n) is 0.851. The van der Waals surface area contributed by atoms with E-state index in [1.165, 1.54) is 0 Å². The van der Waals surface area contributed by atoms with Crippen molar-refractivity contribution in [1.82, 2.24) is 0 Å². The van der Waals surface area contributed by atoms with E-state index in [9.17, 15) is 9.36 Å². The first-order valence-electron chi connectivity index (χ1n) is 4.56. The predicted octanol–water partition coefficient (Wildman–Crippen LogP) is 1.90. The Morgan fingerprint density at radius 2 is 2.07 bits per heavy atom. The van der Waals surface area contributed by atoms with Gasteiger partial charge >= 0.3 is 7.82 Å². The third kappa shape index (κ3) is 7.21. The number of phosphoric ester groups is 1. The van der Waals surface area contributed by atoms with Crippen LogP contribution in [0.2, 0.25) is 0 Å². The molecule has 1 atom stereocenters. The minimum Gasteiger partial charge on any atom is -0.302 e. The minimum absolute atomic E-state index is 0.176. The number of hydrogen-bond donors (Lipinski definition) is 1. The molecule has 0 fully saturated rings. The summed E-state index contributed by atoms with van der Waals surface area (Å²) in [4.78, 5) is 19.9. The second-order valence-corrected chi connectivity index (χ2v) is 4.48. The SMILES string of the molecule is CCCCCC(=O)COP(=O)(O)OC. The van der Waals surface area contributed by atoms with Crippen LogP contribution < -0.4 is 0 Å². The molecule has 0 aliphatic carbocycles. The molecule has 5 nitrogen and oxygen atoms in total. The average molecular weight is 224 g/mol. The monoisotopic (exact) mass is 224 g/mol. The first kappa shape index (κ1) is 13.8. The van der Waals surface area contributed by atoms with Gasteiger partial charge in [-0.15, -0.1) is 0 Å². The zero-order valence-corrected chi connectivity index (χ0v) is 9.46. The molecule has 0 radical (unpaired) electrons. The Bertz CT molecular complexity index is 216. The molecule has 0 aromatic heterocycles. The summed E-state index contributed by atoms with van der Waals surface area (Å²) in [5, 5.41) is 0. The van der Waals surface area contributed by atoms with Crippen LogP contribution >= 0.6 is 7.82 Å². The van der Waals surface area contributed by atoms with Crippen molar-refractivity contribution in [3.8, 4) is 0 Å². The molecule has 84 valence electrons. The Kier molecular flexibility index (Phi) is 7.01. The molecule has 1 unspecified atom stereocenters. The van der Waals surface area contributed by atoms with Gasteiger partial charge in [-0.25, -0.2) is 4.57 Å². The Hall–Kier alpha value is -0.220. The van der Waals surface area contributed by atoms with Crippen LogP contribution in [0.15, 0.2) is 0 Å². The fraction of sp³-hybridized carbons (Fsp3) is 0.875. The highest BCUT2D eigenvalue weighted by Gasteiger charge is 2.19. The number of rotatable bonds is 8. The third-order valence-electron chi connectivity index (χ3n) is 1.68. The van der Waals surface area contributed by atoms with Gasteiger partial charge in [0.05, 0.1) is 0 Å². The van der Waals surface area contributed by atoms with Crippen LogP contribution in [0.4, 0.5) is 0 Å². The van der Waals surface area contributed by atoms with Crippen molar-refractivity contribution in [1.29, 1.82) is 0 Å². The van der Waals surface area contributed by atoms with Crippen molar-refractivity contribution < 1.29 is 23.3 Å². The van der Waals surface area contributed by atoms with Crippen LogP contribution in [0.1, 0.15) is 32.6 Å². The summed E-state index contributed by atoms with van der Waals surface area (Å²) in [5.74, 6) is -0.176. The molecule has 1 N–H and O–H groups in total. The summed E-state index contributed by atoms with van der Waals surface area (Å²) in [6, 6.07) is 0. The smallest absolute Gasteiger partial charge is 0.302 e. The van der Waals surface area contributed by atoms with Gasteiger partial charge in [-0.1, -0.05) is 19.8 Å². The first-order valence-corrected chi connectivity index (χ1v) is 6.06. The zero-order chi connectivity index (χ0) is 11.0. The molecule has 0 bridgehead atoms. The molecule has 0 aliphatic heterocycles. The van der Waals surface area contributed by atoms with Gasteiger partial charge < -0.3 is 4.89 Å². The Morgan fingerprint density at radius 3 is 2.57 bits per heavy atom. The van der Waals surface area contributed by atoms with Crippen LogP contribution in [0.25, 0.3) is 0 Å². The second-order valence-electron chi connectivity index (χ2n) is 2.92. The molecule has 0 heterocycles. The highest BCUT2D eigenvalue weighted by molar-refractivity contribution is 7.47. The summed E-state index contributed by atoms with van der Waals surface area (Å²) >= 11 is 0. The minimum atomic E-state index is -3.99. The Balaban J connectivity index is 3.59. The molecule has 0 saturated heterocycles. The highest BCUT2D eigenvalue weighted by Crippen LogP contribution is 2.41. The van der Waals surface area contributed by atoms with E-state index in [1.807, 2.05) is 6.92 Å². The Morgan fingerprint density at radius 1 is 1.43 bits per heavy atom. The molecule has 0 aliphatic rings. The van der Waals surface area contributed by atoms with E-state index < -0.39 is 7.82 Å². The normalized spacial score (nSPS) is 15.1. The maximum Gasteiger partial charge on any atom is 0.472 e. The van der Waals surface area contributed by atoms with Gasteiger partial charge in [-0.3, -0.25) is 13.8 Å². The van der Waals surface area contributed by atoms with Crippen LogP contribution in [0.3, 0.4) is 0 Å². The van der Waals surface area contributed by atoms with Gasteiger partial charge in [0.25, 0.3) is 0 Å². The number of Topliss-reactive ketones (excluding diaryl/α,β-unsaturated/α-hetero) is 1. The summed E-state index contributed by atoms with van der Waals surface area (Å²) < 4.78 is 19.3. The average Bonchev–Trinajstić information content (AvgIpc) is 2.16. The van der Waals surface area contributed by atoms with Crippen LogP contribution in [-0.4, -0.2) is 24.4 Å². The fourth-order valence-corrected chi connectivity index (χ4v) is 1.26. The van der Waals surface area contributed by atoms with E-state index in [0.29, 0.717) is 6.42 Å². The lowest BCUT2D eigenvalue weighted by Gasteiger charge is -2.07. The summed E-state index contributed by atoms with van der Waals surface area (Å²) in [5.41, 5.74) is 0. The van der Waals surface area contributed by atoms with Crippen LogP contribution in [-0.2, 0) is 18.4 Å². The molecule has 0 spiro atoms. The van der Waals surface area contributed by atoms with E-state index in [2.05, 4.69) is 9.05 Å². The van der Waals surface area contributed by atoms with E-state index in [0.717, 1.165) is 26.4 Å². The van der Waals surface area contributed by atoms with Gasteiger partial charge in [0.15, 0.2) is 5.78 Å². The number of carbonyl (C=O) groups excluding carboxylic acids is 1. The summed E-state index contributed by atoms with van der Waals surface area (Å²) in [6.07, 6.45) is 3.19. The van der Waals surface area contributed by atoms with Crippen LogP contribution in [0.5, 0.6) is 0 Å². The van der Waals surface area contributed by atoms with Gasteiger partial charge in [0, 0.05) is 13.5 Å². The molecule has 0 rings (SSSR count). The number of ketones is 1.